The Morgan fingerprint density at radius 2 is 0.705 bits per heavy atom. The Morgan fingerprint density at radius 3 is 1.25 bits per heavy atom. The molecule has 0 spiro atoms. The molecule has 61 heavy (non-hydrogen) atoms. The van der Waals surface area contributed by atoms with Crippen LogP contribution in [0.1, 0.15) is 0 Å². The first-order chi connectivity index (χ1) is 30.3. The highest BCUT2D eigenvalue weighted by Gasteiger charge is 2.22. The van der Waals surface area contributed by atoms with Gasteiger partial charge in [-0.25, -0.2) is 15.0 Å². The van der Waals surface area contributed by atoms with Crippen LogP contribution in [0.5, 0.6) is 0 Å². The molecule has 0 aliphatic rings. The average molecular weight is 778 g/mol. The van der Waals surface area contributed by atoms with E-state index in [4.69, 9.17) is 19.4 Å². The monoisotopic (exact) mass is 777 g/mol. The van der Waals surface area contributed by atoms with Crippen molar-refractivity contribution >= 4 is 54.3 Å². The highest BCUT2D eigenvalue weighted by Crippen LogP contribution is 2.48. The summed E-state index contributed by atoms with van der Waals surface area (Å²) in [5.74, 6) is 1.91. The molecule has 0 fully saturated rings. The first-order valence-corrected chi connectivity index (χ1v) is 20.6. The van der Waals surface area contributed by atoms with Crippen molar-refractivity contribution in [3.8, 4) is 67.5 Å². The maximum absolute atomic E-state index is 6.89. The fourth-order valence-corrected chi connectivity index (χ4v) is 9.17. The molecule has 4 heteroatoms. The standard InChI is InChI=1S/C57H35N3O/c1-4-17-37(18-5-1)51-42-24-11-13-26-44(42)52(45-27-14-12-25-43(45)51)47-29-16-30-50-53(47)49-35-48(41-23-10-15-28-46(41)54(49)61-50)36-31-33-40(34-32-36)57-59-55(38-19-6-2-7-20-38)58-56(60-57)39-21-8-3-9-22-39/h1-35H. The van der Waals surface area contributed by atoms with Crippen molar-refractivity contribution in [1.29, 1.82) is 0 Å². The van der Waals surface area contributed by atoms with E-state index in [1.54, 1.807) is 0 Å². The first-order valence-electron chi connectivity index (χ1n) is 20.6. The molecule has 4 nitrogen and oxygen atoms in total. The van der Waals surface area contributed by atoms with Gasteiger partial charge in [-0.3, -0.25) is 0 Å². The van der Waals surface area contributed by atoms with Gasteiger partial charge in [-0.15, -0.1) is 0 Å². The van der Waals surface area contributed by atoms with Gasteiger partial charge in [0.1, 0.15) is 11.2 Å². The van der Waals surface area contributed by atoms with Gasteiger partial charge in [0, 0.05) is 32.8 Å². The summed E-state index contributed by atoms with van der Waals surface area (Å²) < 4.78 is 6.89. The summed E-state index contributed by atoms with van der Waals surface area (Å²) in [7, 11) is 0. The van der Waals surface area contributed by atoms with E-state index in [1.165, 1.54) is 38.2 Å². The van der Waals surface area contributed by atoms with Gasteiger partial charge >= 0.3 is 0 Å². The first kappa shape index (κ1) is 34.8. The minimum Gasteiger partial charge on any atom is -0.455 e. The highest BCUT2D eigenvalue weighted by molar-refractivity contribution is 6.28. The van der Waals surface area contributed by atoms with Gasteiger partial charge in [0.25, 0.3) is 0 Å². The number of hydrogen-bond donors (Lipinski definition) is 0. The van der Waals surface area contributed by atoms with Crippen LogP contribution in [0.15, 0.2) is 217 Å². The molecule has 0 radical (unpaired) electrons. The van der Waals surface area contributed by atoms with E-state index < -0.39 is 0 Å². The maximum atomic E-state index is 6.89. The van der Waals surface area contributed by atoms with Crippen molar-refractivity contribution in [3.05, 3.63) is 212 Å². The third-order valence-corrected chi connectivity index (χ3v) is 11.9. The van der Waals surface area contributed by atoms with Crippen LogP contribution in [0, 0.1) is 0 Å². The highest BCUT2D eigenvalue weighted by atomic mass is 16.3. The Morgan fingerprint density at radius 1 is 0.279 bits per heavy atom. The molecule has 0 saturated heterocycles. The number of furan rings is 1. The molecule has 2 heterocycles. The number of rotatable bonds is 6. The van der Waals surface area contributed by atoms with Crippen LogP contribution >= 0.6 is 0 Å². The van der Waals surface area contributed by atoms with E-state index in [1.807, 2.05) is 60.7 Å². The van der Waals surface area contributed by atoms with E-state index in [-0.39, 0.29) is 0 Å². The van der Waals surface area contributed by atoms with Crippen LogP contribution in [0.2, 0.25) is 0 Å². The maximum Gasteiger partial charge on any atom is 0.164 e. The summed E-state index contributed by atoms with van der Waals surface area (Å²) in [5, 5.41) is 9.27. The summed E-state index contributed by atoms with van der Waals surface area (Å²) in [4.78, 5) is 14.9. The zero-order valence-corrected chi connectivity index (χ0v) is 33.0. The predicted octanol–water partition coefficient (Wildman–Crippen LogP) is 15.2. The number of nitrogens with zero attached hydrogens (tertiary/aromatic N) is 3. The largest absolute Gasteiger partial charge is 0.455 e. The number of aromatic nitrogens is 3. The lowest BCUT2D eigenvalue weighted by molar-refractivity contribution is 0.673. The average Bonchev–Trinajstić information content (AvgIpc) is 3.73. The quantitative estimate of drug-likeness (QED) is 0.158. The van der Waals surface area contributed by atoms with Gasteiger partial charge in [0.15, 0.2) is 17.5 Å². The van der Waals surface area contributed by atoms with Crippen molar-refractivity contribution in [2.75, 3.05) is 0 Å². The zero-order valence-electron chi connectivity index (χ0n) is 33.0. The fourth-order valence-electron chi connectivity index (χ4n) is 9.17. The summed E-state index contributed by atoms with van der Waals surface area (Å²) in [5.41, 5.74) is 11.6. The van der Waals surface area contributed by atoms with Crippen LogP contribution < -0.4 is 0 Å². The third kappa shape index (κ3) is 5.80. The van der Waals surface area contributed by atoms with E-state index in [0.29, 0.717) is 17.5 Å². The summed E-state index contributed by atoms with van der Waals surface area (Å²) in [6, 6.07) is 74.6. The number of benzene rings is 10. The second-order valence-electron chi connectivity index (χ2n) is 15.4. The third-order valence-electron chi connectivity index (χ3n) is 11.9. The Kier molecular flexibility index (Phi) is 8.13. The lowest BCUT2D eigenvalue weighted by atomic mass is 9.84. The molecule has 10 aromatic carbocycles. The summed E-state index contributed by atoms with van der Waals surface area (Å²) >= 11 is 0. The molecule has 12 aromatic rings. The molecular formula is C57H35N3O. The SMILES string of the molecule is c1ccc(-c2nc(-c3ccccc3)nc(-c3ccc(-c4cc5c(oc6cccc(-c7c8ccccc8c(-c8ccccc8)c8ccccc78)c65)c5ccccc45)cc3)n2)cc1. The Balaban J connectivity index is 1.06. The van der Waals surface area contributed by atoms with Crippen molar-refractivity contribution in [3.63, 3.8) is 0 Å². The molecule has 0 N–H and O–H groups in total. The normalized spacial score (nSPS) is 11.6. The Hall–Kier alpha value is -8.21. The number of hydrogen-bond acceptors (Lipinski definition) is 4. The van der Waals surface area contributed by atoms with Crippen LogP contribution in [0.3, 0.4) is 0 Å². The van der Waals surface area contributed by atoms with Gasteiger partial charge in [-0.2, -0.15) is 0 Å². The van der Waals surface area contributed by atoms with Crippen LogP contribution in [0.4, 0.5) is 0 Å². The Labute approximate surface area is 352 Å². The number of fused-ring (bicyclic) bond motifs is 7. The van der Waals surface area contributed by atoms with Crippen LogP contribution in [-0.2, 0) is 0 Å². The molecule has 0 aliphatic carbocycles. The van der Waals surface area contributed by atoms with Crippen molar-refractivity contribution in [2.45, 2.75) is 0 Å². The molecule has 0 atom stereocenters. The zero-order chi connectivity index (χ0) is 40.3. The van der Waals surface area contributed by atoms with Gasteiger partial charge in [-0.1, -0.05) is 200 Å². The fraction of sp³-hybridized carbons (Fsp3) is 0. The molecule has 12 rings (SSSR count). The molecular weight excluding hydrogens is 743 g/mol. The predicted molar refractivity (Wildman–Crippen MR) is 252 cm³/mol. The van der Waals surface area contributed by atoms with E-state index in [9.17, 15) is 0 Å². The van der Waals surface area contributed by atoms with Crippen LogP contribution in [0.25, 0.3) is 122 Å². The molecule has 0 unspecified atom stereocenters. The van der Waals surface area contributed by atoms with Gasteiger partial charge in [-0.05, 0) is 72.4 Å². The molecule has 2 aromatic heterocycles. The summed E-state index contributed by atoms with van der Waals surface area (Å²) in [6.07, 6.45) is 0. The minimum absolute atomic E-state index is 0.628. The van der Waals surface area contributed by atoms with Gasteiger partial charge in [0.2, 0.25) is 0 Å². The summed E-state index contributed by atoms with van der Waals surface area (Å²) in [6.45, 7) is 0. The Bertz CT molecular complexity index is 3500. The lowest BCUT2D eigenvalue weighted by Gasteiger charge is -2.18. The second-order valence-corrected chi connectivity index (χ2v) is 15.4. The molecule has 0 saturated carbocycles. The van der Waals surface area contributed by atoms with E-state index >= 15 is 0 Å². The molecule has 0 amide bonds. The van der Waals surface area contributed by atoms with E-state index in [2.05, 4.69) is 152 Å². The molecule has 0 aliphatic heterocycles. The van der Waals surface area contributed by atoms with Gasteiger partial charge in [0.05, 0.1) is 0 Å². The molecule has 284 valence electrons. The minimum atomic E-state index is 0.628. The van der Waals surface area contributed by atoms with Crippen molar-refractivity contribution in [1.82, 2.24) is 15.0 Å². The van der Waals surface area contributed by atoms with Crippen molar-refractivity contribution in [2.24, 2.45) is 0 Å². The second kappa shape index (κ2) is 14.3. The van der Waals surface area contributed by atoms with Crippen molar-refractivity contribution < 1.29 is 4.42 Å². The van der Waals surface area contributed by atoms with Crippen LogP contribution in [-0.4, -0.2) is 15.0 Å². The smallest absolute Gasteiger partial charge is 0.164 e. The lowest BCUT2D eigenvalue weighted by Crippen LogP contribution is -2.00. The van der Waals surface area contributed by atoms with E-state index in [0.717, 1.165) is 66.1 Å². The topological polar surface area (TPSA) is 51.8 Å². The van der Waals surface area contributed by atoms with Gasteiger partial charge < -0.3 is 4.42 Å². The molecule has 0 bridgehead atoms.